The summed E-state index contributed by atoms with van der Waals surface area (Å²) in [5.74, 6) is -0.928. The highest BCUT2D eigenvalue weighted by Gasteiger charge is 2.34. The Kier molecular flexibility index (Phi) is 5.62. The first-order valence-corrected chi connectivity index (χ1v) is 10.3. The molecular weight excluding hydrogens is 369 g/mol. The monoisotopic (exact) mass is 391 g/mol. The van der Waals surface area contributed by atoms with E-state index in [9.17, 15) is 17.6 Å². The zero-order chi connectivity index (χ0) is 19.6. The minimum atomic E-state index is -3.78. The van der Waals surface area contributed by atoms with Crippen LogP contribution in [-0.2, 0) is 14.8 Å². The molecule has 0 radical (unpaired) electrons. The molecule has 1 aliphatic heterocycles. The molecule has 3 rings (SSSR count). The van der Waals surface area contributed by atoms with Crippen LogP contribution < -0.4 is 4.74 Å². The summed E-state index contributed by atoms with van der Waals surface area (Å²) >= 11 is 0. The van der Waals surface area contributed by atoms with E-state index in [1.807, 2.05) is 32.0 Å². The van der Waals surface area contributed by atoms with Crippen LogP contribution in [-0.4, -0.2) is 31.8 Å². The molecular formula is C20H22FNO4S. The molecule has 1 heterocycles. The van der Waals surface area contributed by atoms with Crippen LogP contribution >= 0.6 is 0 Å². The van der Waals surface area contributed by atoms with E-state index in [2.05, 4.69) is 0 Å². The van der Waals surface area contributed by atoms with E-state index in [1.165, 1.54) is 16.4 Å². The highest BCUT2D eigenvalue weighted by molar-refractivity contribution is 7.89. The lowest BCUT2D eigenvalue weighted by atomic mass is 10.00. The maximum atomic E-state index is 13.1. The average Bonchev–Trinajstić information content (AvgIpc) is 2.65. The number of rotatable bonds is 4. The number of esters is 1. The summed E-state index contributed by atoms with van der Waals surface area (Å²) < 4.78 is 45.5. The molecule has 1 atom stereocenters. The first-order chi connectivity index (χ1) is 12.8. The number of carbonyl (C=O) groups excluding carboxylic acids is 1. The van der Waals surface area contributed by atoms with Gasteiger partial charge >= 0.3 is 5.97 Å². The number of hydrogen-bond acceptors (Lipinski definition) is 4. The number of piperidine rings is 1. The molecule has 2 aromatic carbocycles. The van der Waals surface area contributed by atoms with Crippen molar-refractivity contribution in [2.75, 3.05) is 13.1 Å². The maximum Gasteiger partial charge on any atom is 0.315 e. The van der Waals surface area contributed by atoms with E-state index < -0.39 is 27.7 Å². The summed E-state index contributed by atoms with van der Waals surface area (Å²) in [5, 5.41) is 0. The topological polar surface area (TPSA) is 63.7 Å². The third kappa shape index (κ3) is 4.20. The fraction of sp³-hybridized carbons (Fsp3) is 0.350. The fourth-order valence-corrected chi connectivity index (χ4v) is 4.78. The van der Waals surface area contributed by atoms with Crippen molar-refractivity contribution in [3.8, 4) is 5.75 Å². The minimum Gasteiger partial charge on any atom is -0.426 e. The number of para-hydroxylation sites is 1. The zero-order valence-electron chi connectivity index (χ0n) is 15.3. The number of halogens is 1. The molecule has 0 bridgehead atoms. The van der Waals surface area contributed by atoms with Gasteiger partial charge in [-0.05, 0) is 62.1 Å². The lowest BCUT2D eigenvalue weighted by molar-refractivity contribution is -0.140. The molecule has 1 aliphatic rings. The van der Waals surface area contributed by atoms with Gasteiger partial charge in [0.05, 0.1) is 10.8 Å². The second-order valence-electron chi connectivity index (χ2n) is 6.80. The Morgan fingerprint density at radius 1 is 1.11 bits per heavy atom. The third-order valence-corrected chi connectivity index (χ3v) is 6.66. The predicted molar refractivity (Wildman–Crippen MR) is 99.4 cm³/mol. The third-order valence-electron chi connectivity index (χ3n) is 4.78. The smallest absolute Gasteiger partial charge is 0.315 e. The lowest BCUT2D eigenvalue weighted by Gasteiger charge is -2.30. The van der Waals surface area contributed by atoms with Crippen LogP contribution in [0.15, 0.2) is 47.4 Å². The van der Waals surface area contributed by atoms with E-state index in [1.54, 1.807) is 0 Å². The van der Waals surface area contributed by atoms with Crippen molar-refractivity contribution in [3.05, 3.63) is 59.4 Å². The molecule has 0 N–H and O–H groups in total. The molecule has 0 aliphatic carbocycles. The number of carbonyl (C=O) groups is 1. The summed E-state index contributed by atoms with van der Waals surface area (Å²) in [5.41, 5.74) is 1.71. The summed E-state index contributed by atoms with van der Waals surface area (Å²) in [6, 6.07) is 10.3. The van der Waals surface area contributed by atoms with Crippen LogP contribution in [0.1, 0.15) is 24.0 Å². The summed E-state index contributed by atoms with van der Waals surface area (Å²) in [7, 11) is -3.78. The molecule has 0 spiro atoms. The van der Waals surface area contributed by atoms with E-state index in [0.717, 1.165) is 23.3 Å². The quantitative estimate of drug-likeness (QED) is 0.592. The molecule has 1 fully saturated rings. The van der Waals surface area contributed by atoms with Crippen molar-refractivity contribution in [3.63, 3.8) is 0 Å². The molecule has 5 nitrogen and oxygen atoms in total. The molecule has 144 valence electrons. The number of nitrogens with zero attached hydrogens (tertiary/aromatic N) is 1. The Bertz CT molecular complexity index is 921. The minimum absolute atomic E-state index is 0.0210. The van der Waals surface area contributed by atoms with Gasteiger partial charge in [0, 0.05) is 13.1 Å². The van der Waals surface area contributed by atoms with Gasteiger partial charge in [0.25, 0.3) is 0 Å². The van der Waals surface area contributed by atoms with Crippen molar-refractivity contribution < 1.29 is 22.3 Å². The average molecular weight is 391 g/mol. The van der Waals surface area contributed by atoms with Gasteiger partial charge in [-0.1, -0.05) is 18.2 Å². The first kappa shape index (κ1) is 19.5. The Morgan fingerprint density at radius 2 is 1.74 bits per heavy atom. The second-order valence-corrected chi connectivity index (χ2v) is 8.74. The van der Waals surface area contributed by atoms with Crippen molar-refractivity contribution in [1.82, 2.24) is 4.31 Å². The molecule has 27 heavy (non-hydrogen) atoms. The largest absolute Gasteiger partial charge is 0.426 e. The standard InChI is InChI=1S/C20H22FNO4S/c1-14-5-3-6-15(2)19(14)26-20(23)16-7-4-12-22(13-16)27(24,25)18-10-8-17(21)9-11-18/h3,5-6,8-11,16H,4,7,12-13H2,1-2H3. The van der Waals surface area contributed by atoms with E-state index >= 15 is 0 Å². The Hall–Kier alpha value is -2.25. The summed E-state index contributed by atoms with van der Waals surface area (Å²) in [4.78, 5) is 12.7. The van der Waals surface area contributed by atoms with Gasteiger partial charge in [-0.15, -0.1) is 0 Å². The Labute approximate surface area is 158 Å². The normalized spacial score (nSPS) is 18.3. The van der Waals surface area contributed by atoms with Gasteiger partial charge in [-0.2, -0.15) is 4.31 Å². The number of ether oxygens (including phenoxy) is 1. The summed E-state index contributed by atoms with van der Waals surface area (Å²) in [6.45, 7) is 4.11. The van der Waals surface area contributed by atoms with Crippen molar-refractivity contribution in [2.45, 2.75) is 31.6 Å². The number of hydrogen-bond donors (Lipinski definition) is 0. The number of sulfonamides is 1. The van der Waals surface area contributed by atoms with Crippen molar-refractivity contribution in [1.29, 1.82) is 0 Å². The van der Waals surface area contributed by atoms with Crippen LogP contribution in [0.4, 0.5) is 4.39 Å². The molecule has 0 saturated carbocycles. The SMILES string of the molecule is Cc1cccc(C)c1OC(=O)C1CCCN(S(=O)(=O)c2ccc(F)cc2)C1. The number of aryl methyl sites for hydroxylation is 2. The van der Waals surface area contributed by atoms with E-state index in [4.69, 9.17) is 4.74 Å². The zero-order valence-corrected chi connectivity index (χ0v) is 16.1. The highest BCUT2D eigenvalue weighted by Crippen LogP contribution is 2.28. The van der Waals surface area contributed by atoms with Crippen molar-refractivity contribution >= 4 is 16.0 Å². The fourth-order valence-electron chi connectivity index (χ4n) is 3.25. The van der Waals surface area contributed by atoms with Crippen LogP contribution in [0.3, 0.4) is 0 Å². The molecule has 1 unspecified atom stereocenters. The van der Waals surface area contributed by atoms with E-state index in [-0.39, 0.29) is 11.4 Å². The van der Waals surface area contributed by atoms with Gasteiger partial charge in [-0.3, -0.25) is 4.79 Å². The van der Waals surface area contributed by atoms with Gasteiger partial charge < -0.3 is 4.74 Å². The Morgan fingerprint density at radius 3 is 2.37 bits per heavy atom. The van der Waals surface area contributed by atoms with Gasteiger partial charge in [0.1, 0.15) is 11.6 Å². The van der Waals surface area contributed by atoms with E-state index in [0.29, 0.717) is 25.1 Å². The number of benzene rings is 2. The molecule has 0 amide bonds. The van der Waals surface area contributed by atoms with Gasteiger partial charge in [0.2, 0.25) is 10.0 Å². The molecule has 7 heteroatoms. The molecule has 1 saturated heterocycles. The van der Waals surface area contributed by atoms with Crippen LogP contribution in [0, 0.1) is 25.6 Å². The highest BCUT2D eigenvalue weighted by atomic mass is 32.2. The van der Waals surface area contributed by atoms with Crippen LogP contribution in [0.5, 0.6) is 5.75 Å². The molecule has 0 aromatic heterocycles. The summed E-state index contributed by atoms with van der Waals surface area (Å²) in [6.07, 6.45) is 1.13. The lowest BCUT2D eigenvalue weighted by Crippen LogP contribution is -2.43. The van der Waals surface area contributed by atoms with Crippen LogP contribution in [0.25, 0.3) is 0 Å². The second kappa shape index (κ2) is 7.78. The maximum absolute atomic E-state index is 13.1. The molecule has 2 aromatic rings. The van der Waals surface area contributed by atoms with Crippen LogP contribution in [0.2, 0.25) is 0 Å². The van der Waals surface area contributed by atoms with Crippen molar-refractivity contribution in [2.24, 2.45) is 5.92 Å². The van der Waals surface area contributed by atoms with Gasteiger partial charge in [-0.25, -0.2) is 12.8 Å². The predicted octanol–water partition coefficient (Wildman–Crippen LogP) is 3.45. The van der Waals surface area contributed by atoms with Gasteiger partial charge in [0.15, 0.2) is 0 Å². The first-order valence-electron chi connectivity index (χ1n) is 8.82. The Balaban J connectivity index is 1.75.